The van der Waals surface area contributed by atoms with E-state index in [2.05, 4.69) is 25.3 Å². The molecule has 1 aliphatic rings. The van der Waals surface area contributed by atoms with E-state index in [1.165, 1.54) is 12.3 Å². The molecule has 180 valence electrons. The molecule has 4 aromatic rings. The second-order valence-corrected chi connectivity index (χ2v) is 8.85. The lowest BCUT2D eigenvalue weighted by molar-refractivity contribution is 0.0679. The highest BCUT2D eigenvalue weighted by Gasteiger charge is 2.25. The standard InChI is InChI=1S/C24H20ClF3N6O/c25-15-7-16-17(10-31-21(16)30-9-15)22-32-11-20(28)23(33-22)29-8-13-2-1-5-34(12-13)24(35)14-3-4-18(26)19(27)6-14/h3-4,6-7,9-11,13H,1-2,5,8,12H2,(H,30,31)(H,29,32,33)/t13-/m0/s1. The number of H-pyrrole nitrogens is 1. The molecule has 0 unspecified atom stereocenters. The van der Waals surface area contributed by atoms with Gasteiger partial charge in [0.2, 0.25) is 0 Å². The number of benzene rings is 1. The highest BCUT2D eigenvalue weighted by molar-refractivity contribution is 6.31. The lowest BCUT2D eigenvalue weighted by Gasteiger charge is -2.33. The Morgan fingerprint density at radius 1 is 1.14 bits per heavy atom. The molecule has 1 amide bonds. The normalized spacial score (nSPS) is 16.0. The van der Waals surface area contributed by atoms with Crippen LogP contribution in [0, 0.1) is 23.4 Å². The number of pyridine rings is 1. The van der Waals surface area contributed by atoms with Crippen LogP contribution in [0.1, 0.15) is 23.2 Å². The van der Waals surface area contributed by atoms with Crippen molar-refractivity contribution in [1.29, 1.82) is 0 Å². The topological polar surface area (TPSA) is 86.8 Å². The fraction of sp³-hybridized carbons (Fsp3) is 0.250. The first-order valence-electron chi connectivity index (χ1n) is 11.0. The Balaban J connectivity index is 1.29. The minimum absolute atomic E-state index is 0.0203. The van der Waals surface area contributed by atoms with Crippen molar-refractivity contribution in [1.82, 2.24) is 24.8 Å². The molecule has 5 rings (SSSR count). The molecule has 1 aromatic carbocycles. The summed E-state index contributed by atoms with van der Waals surface area (Å²) in [5, 5.41) is 4.21. The van der Waals surface area contributed by atoms with Crippen LogP contribution in [0.4, 0.5) is 19.0 Å². The zero-order chi connectivity index (χ0) is 24.5. The van der Waals surface area contributed by atoms with E-state index in [0.29, 0.717) is 47.1 Å². The first-order valence-corrected chi connectivity index (χ1v) is 11.4. The van der Waals surface area contributed by atoms with Gasteiger partial charge in [-0.25, -0.2) is 28.1 Å². The number of anilines is 1. The maximum Gasteiger partial charge on any atom is 0.253 e. The number of carbonyl (C=O) groups excluding carboxylic acids is 1. The molecular weight excluding hydrogens is 481 g/mol. The van der Waals surface area contributed by atoms with Gasteiger partial charge in [0, 0.05) is 48.5 Å². The van der Waals surface area contributed by atoms with Crippen molar-refractivity contribution in [2.45, 2.75) is 12.8 Å². The minimum atomic E-state index is -1.06. The van der Waals surface area contributed by atoms with E-state index in [1.54, 1.807) is 17.2 Å². The molecule has 1 fully saturated rings. The van der Waals surface area contributed by atoms with E-state index in [1.807, 2.05) is 0 Å². The van der Waals surface area contributed by atoms with Crippen LogP contribution in [-0.4, -0.2) is 50.4 Å². The van der Waals surface area contributed by atoms with Crippen LogP contribution >= 0.6 is 11.6 Å². The number of hydrogen-bond acceptors (Lipinski definition) is 5. The van der Waals surface area contributed by atoms with Gasteiger partial charge < -0.3 is 15.2 Å². The predicted molar refractivity (Wildman–Crippen MR) is 126 cm³/mol. The van der Waals surface area contributed by atoms with Gasteiger partial charge in [-0.1, -0.05) is 11.6 Å². The smallest absolute Gasteiger partial charge is 0.253 e. The van der Waals surface area contributed by atoms with Gasteiger partial charge in [-0.3, -0.25) is 4.79 Å². The monoisotopic (exact) mass is 500 g/mol. The molecule has 1 atom stereocenters. The van der Waals surface area contributed by atoms with Crippen molar-refractivity contribution in [2.24, 2.45) is 5.92 Å². The fourth-order valence-electron chi connectivity index (χ4n) is 4.25. The first-order chi connectivity index (χ1) is 16.9. The highest BCUT2D eigenvalue weighted by Crippen LogP contribution is 2.28. The number of hydrogen-bond donors (Lipinski definition) is 2. The number of nitrogens with one attached hydrogen (secondary N) is 2. The van der Waals surface area contributed by atoms with Gasteiger partial charge >= 0.3 is 0 Å². The summed E-state index contributed by atoms with van der Waals surface area (Å²) in [5.41, 5.74) is 1.34. The number of fused-ring (bicyclic) bond motifs is 1. The number of nitrogens with zero attached hydrogens (tertiary/aromatic N) is 4. The summed E-state index contributed by atoms with van der Waals surface area (Å²) in [6, 6.07) is 4.85. The number of likely N-dealkylation sites (tertiary alicyclic amines) is 1. The molecule has 0 spiro atoms. The van der Waals surface area contributed by atoms with Crippen LogP contribution in [0.5, 0.6) is 0 Å². The van der Waals surface area contributed by atoms with Crippen LogP contribution in [0.25, 0.3) is 22.4 Å². The quantitative estimate of drug-likeness (QED) is 0.400. The second kappa shape index (κ2) is 9.53. The molecule has 7 nitrogen and oxygen atoms in total. The Morgan fingerprint density at radius 3 is 2.83 bits per heavy atom. The number of aromatic nitrogens is 4. The van der Waals surface area contributed by atoms with Gasteiger partial charge in [0.15, 0.2) is 29.1 Å². The molecule has 11 heteroatoms. The van der Waals surface area contributed by atoms with Gasteiger partial charge in [0.25, 0.3) is 5.91 Å². The van der Waals surface area contributed by atoms with Crippen molar-refractivity contribution < 1.29 is 18.0 Å². The Bertz CT molecular complexity index is 1410. The van der Waals surface area contributed by atoms with Gasteiger partial charge in [-0.15, -0.1) is 0 Å². The summed E-state index contributed by atoms with van der Waals surface area (Å²) >= 11 is 6.06. The van der Waals surface area contributed by atoms with E-state index in [9.17, 15) is 18.0 Å². The van der Waals surface area contributed by atoms with Gasteiger partial charge in [-0.05, 0) is 43.0 Å². The van der Waals surface area contributed by atoms with Crippen LogP contribution in [0.15, 0.2) is 42.9 Å². The van der Waals surface area contributed by atoms with Crippen molar-refractivity contribution in [3.8, 4) is 11.4 Å². The van der Waals surface area contributed by atoms with Gasteiger partial charge in [0.1, 0.15) is 5.65 Å². The Labute approximate surface area is 203 Å². The Hall–Kier alpha value is -3.66. The molecule has 0 aliphatic carbocycles. The maximum atomic E-state index is 14.5. The molecule has 2 N–H and O–H groups in total. The number of carbonyl (C=O) groups is 1. The van der Waals surface area contributed by atoms with Crippen molar-refractivity contribution in [3.05, 3.63) is 70.9 Å². The molecule has 35 heavy (non-hydrogen) atoms. The third-order valence-corrected chi connectivity index (χ3v) is 6.22. The number of amides is 1. The summed E-state index contributed by atoms with van der Waals surface area (Å²) in [7, 11) is 0. The predicted octanol–water partition coefficient (Wildman–Crippen LogP) is 5.05. The lowest BCUT2D eigenvalue weighted by Crippen LogP contribution is -2.42. The summed E-state index contributed by atoms with van der Waals surface area (Å²) in [4.78, 5) is 30.1. The van der Waals surface area contributed by atoms with Gasteiger partial charge in [-0.2, -0.15) is 0 Å². The van der Waals surface area contributed by atoms with Crippen LogP contribution in [0.2, 0.25) is 5.02 Å². The Morgan fingerprint density at radius 2 is 2.00 bits per heavy atom. The highest BCUT2D eigenvalue weighted by atomic mass is 35.5. The maximum absolute atomic E-state index is 14.5. The minimum Gasteiger partial charge on any atom is -0.367 e. The number of aromatic amines is 1. The van der Waals surface area contributed by atoms with E-state index in [0.717, 1.165) is 31.2 Å². The van der Waals surface area contributed by atoms with Crippen LogP contribution in [-0.2, 0) is 0 Å². The SMILES string of the molecule is O=C(c1ccc(F)c(F)c1)N1CCC[C@@H](CNc2nc(-c3c[nH]c4ncc(Cl)cc34)ncc2F)C1. The number of rotatable bonds is 5. The average Bonchev–Trinajstić information content (AvgIpc) is 3.28. The van der Waals surface area contributed by atoms with Gasteiger partial charge in [0.05, 0.1) is 11.2 Å². The zero-order valence-corrected chi connectivity index (χ0v) is 19.1. The third-order valence-electron chi connectivity index (χ3n) is 6.01. The molecule has 0 bridgehead atoms. The number of halogens is 4. The van der Waals surface area contributed by atoms with E-state index in [-0.39, 0.29) is 23.2 Å². The Kier molecular flexibility index (Phi) is 6.29. The first kappa shape index (κ1) is 23.1. The van der Waals surface area contributed by atoms with Crippen molar-refractivity contribution in [2.75, 3.05) is 25.0 Å². The molecular formula is C24H20ClF3N6O. The van der Waals surface area contributed by atoms with Crippen molar-refractivity contribution >= 4 is 34.4 Å². The molecule has 1 aliphatic heterocycles. The second-order valence-electron chi connectivity index (χ2n) is 8.41. The molecule has 3 aromatic heterocycles. The third kappa shape index (κ3) is 4.79. The number of piperidine rings is 1. The van der Waals surface area contributed by atoms with Crippen molar-refractivity contribution in [3.63, 3.8) is 0 Å². The fourth-order valence-corrected chi connectivity index (χ4v) is 4.41. The molecule has 1 saturated heterocycles. The molecule has 0 radical (unpaired) electrons. The summed E-state index contributed by atoms with van der Waals surface area (Å²) < 4.78 is 41.2. The largest absolute Gasteiger partial charge is 0.367 e. The van der Waals surface area contributed by atoms with E-state index in [4.69, 9.17) is 11.6 Å². The van der Waals surface area contributed by atoms with Crippen LogP contribution in [0.3, 0.4) is 0 Å². The summed E-state index contributed by atoms with van der Waals surface area (Å²) in [6.07, 6.45) is 5.87. The van der Waals surface area contributed by atoms with E-state index < -0.39 is 17.5 Å². The van der Waals surface area contributed by atoms with Crippen LogP contribution < -0.4 is 5.32 Å². The van der Waals surface area contributed by atoms with E-state index >= 15 is 0 Å². The molecule has 0 saturated carbocycles. The average molecular weight is 501 g/mol. The lowest BCUT2D eigenvalue weighted by atomic mass is 9.97. The summed E-state index contributed by atoms with van der Waals surface area (Å²) in [5.74, 6) is -2.65. The zero-order valence-electron chi connectivity index (χ0n) is 18.4. The molecule has 4 heterocycles. The summed E-state index contributed by atoms with van der Waals surface area (Å²) in [6.45, 7) is 1.28.